The molecule has 7 heteroatoms. The zero-order chi connectivity index (χ0) is 15.3. The molecule has 0 aliphatic carbocycles. The number of hydrogen-bond donors (Lipinski definition) is 2. The SMILES string of the molecule is CC(O)CN1CCC(CN(C)C(=O)C(C)C(C)N)CC1.Cl.Cl. The van der Waals surface area contributed by atoms with E-state index < -0.39 is 0 Å². The third-order valence-electron chi connectivity index (χ3n) is 4.32. The Bertz CT molecular complexity index is 309. The molecule has 1 rings (SSSR count). The fourth-order valence-electron chi connectivity index (χ4n) is 2.78. The lowest BCUT2D eigenvalue weighted by Crippen LogP contribution is -2.44. The van der Waals surface area contributed by atoms with Gasteiger partial charge in [0.25, 0.3) is 0 Å². The van der Waals surface area contributed by atoms with Crippen LogP contribution in [0, 0.1) is 11.8 Å². The van der Waals surface area contributed by atoms with E-state index in [1.807, 2.05) is 32.7 Å². The van der Waals surface area contributed by atoms with Gasteiger partial charge >= 0.3 is 0 Å². The van der Waals surface area contributed by atoms with Gasteiger partial charge in [0, 0.05) is 26.2 Å². The van der Waals surface area contributed by atoms with Crippen molar-refractivity contribution in [1.82, 2.24) is 9.80 Å². The van der Waals surface area contributed by atoms with E-state index in [1.165, 1.54) is 0 Å². The second-order valence-electron chi connectivity index (χ2n) is 6.46. The van der Waals surface area contributed by atoms with Crippen LogP contribution in [0.15, 0.2) is 0 Å². The number of halogens is 2. The van der Waals surface area contributed by atoms with Gasteiger partial charge in [-0.1, -0.05) is 6.92 Å². The molecule has 0 aromatic heterocycles. The Morgan fingerprint density at radius 1 is 1.27 bits per heavy atom. The number of rotatable bonds is 6. The summed E-state index contributed by atoms with van der Waals surface area (Å²) in [7, 11) is 1.88. The van der Waals surface area contributed by atoms with E-state index in [2.05, 4.69) is 4.90 Å². The number of piperidine rings is 1. The first-order valence-corrected chi connectivity index (χ1v) is 7.72. The highest BCUT2D eigenvalue weighted by molar-refractivity contribution is 5.85. The van der Waals surface area contributed by atoms with Crippen molar-refractivity contribution in [3.8, 4) is 0 Å². The summed E-state index contributed by atoms with van der Waals surface area (Å²) in [6.07, 6.45) is 1.93. The summed E-state index contributed by atoms with van der Waals surface area (Å²) < 4.78 is 0. The van der Waals surface area contributed by atoms with Crippen LogP contribution in [0.5, 0.6) is 0 Å². The molecule has 0 aromatic rings. The fourth-order valence-corrected chi connectivity index (χ4v) is 2.78. The Morgan fingerprint density at radius 3 is 2.18 bits per heavy atom. The predicted molar refractivity (Wildman–Crippen MR) is 95.8 cm³/mol. The van der Waals surface area contributed by atoms with Crippen molar-refractivity contribution in [2.75, 3.05) is 33.2 Å². The van der Waals surface area contributed by atoms with E-state index in [9.17, 15) is 9.90 Å². The van der Waals surface area contributed by atoms with Crippen LogP contribution >= 0.6 is 24.8 Å². The minimum Gasteiger partial charge on any atom is -0.392 e. The van der Waals surface area contributed by atoms with Gasteiger partial charge in [0.2, 0.25) is 5.91 Å². The van der Waals surface area contributed by atoms with Crippen molar-refractivity contribution in [2.45, 2.75) is 45.8 Å². The van der Waals surface area contributed by atoms with Crippen molar-refractivity contribution in [2.24, 2.45) is 17.6 Å². The van der Waals surface area contributed by atoms with Crippen molar-refractivity contribution < 1.29 is 9.90 Å². The van der Waals surface area contributed by atoms with Gasteiger partial charge in [0.1, 0.15) is 0 Å². The van der Waals surface area contributed by atoms with Crippen molar-refractivity contribution in [1.29, 1.82) is 0 Å². The zero-order valence-corrected chi connectivity index (χ0v) is 15.8. The molecule has 1 aliphatic rings. The van der Waals surface area contributed by atoms with Crippen molar-refractivity contribution in [3.05, 3.63) is 0 Å². The molecule has 1 fully saturated rings. The number of likely N-dealkylation sites (tertiary alicyclic amines) is 1. The van der Waals surface area contributed by atoms with Crippen molar-refractivity contribution >= 4 is 30.7 Å². The average Bonchev–Trinajstić information content (AvgIpc) is 2.38. The smallest absolute Gasteiger partial charge is 0.226 e. The zero-order valence-electron chi connectivity index (χ0n) is 14.2. The van der Waals surface area contributed by atoms with Gasteiger partial charge in [0.15, 0.2) is 0 Å². The molecule has 0 aromatic carbocycles. The summed E-state index contributed by atoms with van der Waals surface area (Å²) in [5.41, 5.74) is 5.79. The Labute approximate surface area is 147 Å². The normalized spacial score (nSPS) is 20.3. The first-order valence-electron chi connectivity index (χ1n) is 7.72. The average molecular weight is 358 g/mol. The van der Waals surface area contributed by atoms with Gasteiger partial charge < -0.3 is 20.6 Å². The highest BCUT2D eigenvalue weighted by atomic mass is 35.5. The molecule has 1 amide bonds. The van der Waals surface area contributed by atoms with Crippen LogP contribution in [0.1, 0.15) is 33.6 Å². The third kappa shape index (κ3) is 7.97. The van der Waals surface area contributed by atoms with Crippen LogP contribution in [0.4, 0.5) is 0 Å². The topological polar surface area (TPSA) is 69.8 Å². The summed E-state index contributed by atoms with van der Waals surface area (Å²) >= 11 is 0. The second-order valence-corrected chi connectivity index (χ2v) is 6.46. The highest BCUT2D eigenvalue weighted by Crippen LogP contribution is 2.19. The number of aliphatic hydroxyl groups excluding tert-OH is 1. The minimum absolute atomic E-state index is 0. The first-order chi connectivity index (χ1) is 9.31. The molecule has 134 valence electrons. The number of hydrogen-bond acceptors (Lipinski definition) is 4. The van der Waals surface area contributed by atoms with Crippen LogP contribution in [0.3, 0.4) is 0 Å². The lowest BCUT2D eigenvalue weighted by Gasteiger charge is -2.35. The van der Waals surface area contributed by atoms with Crippen molar-refractivity contribution in [3.63, 3.8) is 0 Å². The van der Waals surface area contributed by atoms with E-state index in [4.69, 9.17) is 5.73 Å². The van der Waals surface area contributed by atoms with Gasteiger partial charge in [-0.3, -0.25) is 4.79 Å². The number of nitrogens with zero attached hydrogens (tertiary/aromatic N) is 2. The van der Waals surface area contributed by atoms with E-state index in [0.29, 0.717) is 5.92 Å². The van der Waals surface area contributed by atoms with E-state index in [1.54, 1.807) is 0 Å². The highest BCUT2D eigenvalue weighted by Gasteiger charge is 2.25. The molecule has 3 unspecified atom stereocenters. The number of β-amino-alcohol motifs (C(OH)–C–C–N with tert-alkyl or cyclic N) is 1. The molecule has 1 saturated heterocycles. The van der Waals surface area contributed by atoms with Gasteiger partial charge in [0.05, 0.1) is 12.0 Å². The van der Waals surface area contributed by atoms with Gasteiger partial charge in [-0.15, -0.1) is 24.8 Å². The first kappa shape index (κ1) is 24.2. The quantitative estimate of drug-likeness (QED) is 0.752. The molecular weight excluding hydrogens is 325 g/mol. The monoisotopic (exact) mass is 357 g/mol. The Balaban J connectivity index is 0. The molecule has 1 aliphatic heterocycles. The lowest BCUT2D eigenvalue weighted by atomic mass is 9.95. The molecule has 3 N–H and O–H groups in total. The van der Waals surface area contributed by atoms with Crippen LogP contribution in [0.25, 0.3) is 0 Å². The van der Waals surface area contributed by atoms with Crippen LogP contribution in [-0.2, 0) is 4.79 Å². The molecule has 1 heterocycles. The summed E-state index contributed by atoms with van der Waals surface area (Å²) in [6.45, 7) is 9.20. The molecule has 0 saturated carbocycles. The Kier molecular flexibility index (Phi) is 12.6. The molecular formula is C15H33Cl2N3O2. The summed E-state index contributed by atoms with van der Waals surface area (Å²) in [5.74, 6) is 0.594. The molecule has 0 radical (unpaired) electrons. The largest absolute Gasteiger partial charge is 0.392 e. The molecule has 0 bridgehead atoms. The standard InChI is InChI=1S/C15H31N3O2.2ClH/c1-11(19)9-18-7-5-14(6-8-18)10-17(4)15(20)12(2)13(3)16;;/h11-14,19H,5-10,16H2,1-4H3;2*1H. The lowest BCUT2D eigenvalue weighted by molar-refractivity contribution is -0.134. The van der Waals surface area contributed by atoms with Crippen LogP contribution < -0.4 is 5.73 Å². The second kappa shape index (κ2) is 11.5. The number of aliphatic hydroxyl groups is 1. The maximum atomic E-state index is 12.2. The predicted octanol–water partition coefficient (Wildman–Crippen LogP) is 1.36. The minimum atomic E-state index is -0.261. The Morgan fingerprint density at radius 2 is 1.77 bits per heavy atom. The number of carbonyl (C=O) groups excluding carboxylic acids is 1. The summed E-state index contributed by atoms with van der Waals surface area (Å²) in [6, 6.07) is -0.0992. The Hall–Kier alpha value is -0.0700. The number of amides is 1. The van der Waals surface area contributed by atoms with E-state index in [-0.39, 0.29) is 48.8 Å². The van der Waals surface area contributed by atoms with Crippen LogP contribution in [-0.4, -0.2) is 66.2 Å². The maximum absolute atomic E-state index is 12.2. The van der Waals surface area contributed by atoms with Crippen LogP contribution in [0.2, 0.25) is 0 Å². The van der Waals surface area contributed by atoms with Gasteiger partial charge in [-0.05, 0) is 45.7 Å². The van der Waals surface area contributed by atoms with Gasteiger partial charge in [-0.2, -0.15) is 0 Å². The third-order valence-corrected chi connectivity index (χ3v) is 4.32. The maximum Gasteiger partial charge on any atom is 0.226 e. The van der Waals surface area contributed by atoms with E-state index >= 15 is 0 Å². The molecule has 5 nitrogen and oxygen atoms in total. The number of carbonyl (C=O) groups is 1. The number of nitrogens with two attached hydrogens (primary N) is 1. The van der Waals surface area contributed by atoms with Gasteiger partial charge in [-0.25, -0.2) is 0 Å². The molecule has 0 spiro atoms. The molecule has 3 atom stereocenters. The summed E-state index contributed by atoms with van der Waals surface area (Å²) in [4.78, 5) is 16.3. The fraction of sp³-hybridized carbons (Fsp3) is 0.933. The van der Waals surface area contributed by atoms with E-state index in [0.717, 1.165) is 39.0 Å². The molecule has 22 heavy (non-hydrogen) atoms. The summed E-state index contributed by atoms with van der Waals surface area (Å²) in [5, 5.41) is 9.40.